The van der Waals surface area contributed by atoms with Gasteiger partial charge in [-0.15, -0.1) is 0 Å². The van der Waals surface area contributed by atoms with Gasteiger partial charge in [0.05, 0.1) is 12.0 Å². The molecule has 0 saturated carbocycles. The third-order valence-electron chi connectivity index (χ3n) is 5.54. The number of carboxylic acids is 1. The first-order valence-electron chi connectivity index (χ1n) is 10.7. The number of nitriles is 1. The van der Waals surface area contributed by atoms with Gasteiger partial charge in [0.1, 0.15) is 27.5 Å². The van der Waals surface area contributed by atoms with Crippen LogP contribution in [0.15, 0.2) is 34.0 Å². The summed E-state index contributed by atoms with van der Waals surface area (Å²) < 4.78 is 6.87. The van der Waals surface area contributed by atoms with Gasteiger partial charge in [0.25, 0.3) is 11.5 Å². The second-order valence-corrected chi connectivity index (χ2v) is 9.45. The number of anilines is 1. The standard InChI is InChI=1S/C24H24N4O5S2/c1-14-17(11-19-23(32)28(24(34)35-19)10-4-5-20(29)30)21(27(2)22(31)18(14)12-25)26-13-15-6-8-16(33-3)9-7-15/h6-9,11,26H,4-5,10,13H2,1-3H3,(H,29,30)/b19-11+. The number of amides is 1. The number of ether oxygens (including phenoxy) is 1. The monoisotopic (exact) mass is 512 g/mol. The number of hydrogen-bond acceptors (Lipinski definition) is 8. The molecule has 3 rings (SSSR count). The molecule has 1 aromatic heterocycles. The fourth-order valence-electron chi connectivity index (χ4n) is 3.59. The van der Waals surface area contributed by atoms with Crippen LogP contribution in [-0.4, -0.2) is 44.4 Å². The number of methoxy groups -OCH3 is 1. The summed E-state index contributed by atoms with van der Waals surface area (Å²) >= 11 is 6.44. The SMILES string of the molecule is COc1ccc(CNc2c(/C=C3/SC(=S)N(CCCC(=O)O)C3=O)c(C)c(C#N)c(=O)n2C)cc1. The molecule has 0 unspecified atom stereocenters. The lowest BCUT2D eigenvalue weighted by Gasteiger charge is -2.18. The van der Waals surface area contributed by atoms with Gasteiger partial charge in [0.2, 0.25) is 0 Å². The molecule has 11 heteroatoms. The van der Waals surface area contributed by atoms with E-state index < -0.39 is 11.5 Å². The molecule has 0 spiro atoms. The maximum absolute atomic E-state index is 13.0. The third kappa shape index (κ3) is 5.72. The summed E-state index contributed by atoms with van der Waals surface area (Å²) in [5.41, 5.74) is 1.47. The van der Waals surface area contributed by atoms with E-state index >= 15 is 0 Å². The number of hydrogen-bond donors (Lipinski definition) is 2. The summed E-state index contributed by atoms with van der Waals surface area (Å²) in [4.78, 5) is 38.3. The number of pyridine rings is 1. The van der Waals surface area contributed by atoms with Crippen molar-refractivity contribution in [3.63, 3.8) is 0 Å². The van der Waals surface area contributed by atoms with Crippen LogP contribution >= 0.6 is 24.0 Å². The predicted molar refractivity (Wildman–Crippen MR) is 138 cm³/mol. The first kappa shape index (κ1) is 26.0. The Bertz CT molecular complexity index is 1310. The van der Waals surface area contributed by atoms with Crippen LogP contribution < -0.4 is 15.6 Å². The van der Waals surface area contributed by atoms with E-state index in [4.69, 9.17) is 22.1 Å². The zero-order valence-corrected chi connectivity index (χ0v) is 21.1. The largest absolute Gasteiger partial charge is 0.497 e. The highest BCUT2D eigenvalue weighted by atomic mass is 32.2. The number of thiocarbonyl (C=S) groups is 1. The van der Waals surface area contributed by atoms with Crippen LogP contribution in [0.4, 0.5) is 5.82 Å². The molecule has 0 atom stereocenters. The number of nitrogens with one attached hydrogen (secondary N) is 1. The Labute approximate surface area is 212 Å². The molecule has 9 nitrogen and oxygen atoms in total. The summed E-state index contributed by atoms with van der Waals surface area (Å²) in [7, 11) is 3.15. The first-order chi connectivity index (χ1) is 16.7. The number of rotatable bonds is 9. The minimum atomic E-state index is -0.941. The van der Waals surface area contributed by atoms with Crippen molar-refractivity contribution in [3.8, 4) is 11.8 Å². The summed E-state index contributed by atoms with van der Waals surface area (Å²) in [5.74, 6) is -0.0958. The van der Waals surface area contributed by atoms with E-state index in [1.807, 2.05) is 30.3 Å². The number of nitrogens with zero attached hydrogens (tertiary/aromatic N) is 3. The summed E-state index contributed by atoms with van der Waals surface area (Å²) in [6.07, 6.45) is 1.84. The normalized spacial score (nSPS) is 14.3. The predicted octanol–water partition coefficient (Wildman–Crippen LogP) is 3.25. The highest BCUT2D eigenvalue weighted by Gasteiger charge is 2.32. The fraction of sp³-hybridized carbons (Fsp3) is 0.292. The Morgan fingerprint density at radius 3 is 2.60 bits per heavy atom. The maximum Gasteiger partial charge on any atom is 0.303 e. The first-order valence-corrected chi connectivity index (χ1v) is 11.9. The van der Waals surface area contributed by atoms with Crippen LogP contribution in [0.5, 0.6) is 5.75 Å². The van der Waals surface area contributed by atoms with Gasteiger partial charge in [0, 0.05) is 32.1 Å². The van der Waals surface area contributed by atoms with Crippen molar-refractivity contribution in [2.75, 3.05) is 19.0 Å². The van der Waals surface area contributed by atoms with Crippen molar-refractivity contribution >= 4 is 52.1 Å². The van der Waals surface area contributed by atoms with Gasteiger partial charge in [-0.3, -0.25) is 23.9 Å². The van der Waals surface area contributed by atoms with E-state index in [0.717, 1.165) is 23.1 Å². The van der Waals surface area contributed by atoms with E-state index in [2.05, 4.69) is 5.32 Å². The quantitative estimate of drug-likeness (QED) is 0.385. The molecule has 1 fully saturated rings. The molecule has 0 bridgehead atoms. The zero-order valence-electron chi connectivity index (χ0n) is 19.5. The second-order valence-electron chi connectivity index (χ2n) is 7.77. The highest BCUT2D eigenvalue weighted by molar-refractivity contribution is 8.26. The van der Waals surface area contributed by atoms with Crippen LogP contribution in [-0.2, 0) is 23.2 Å². The molecule has 1 saturated heterocycles. The molecule has 1 aliphatic heterocycles. The lowest BCUT2D eigenvalue weighted by Crippen LogP contribution is -2.29. The third-order valence-corrected chi connectivity index (χ3v) is 6.92. The molecule has 1 aliphatic rings. The Kier molecular flexibility index (Phi) is 8.32. The molecule has 2 aromatic rings. The molecule has 2 N–H and O–H groups in total. The van der Waals surface area contributed by atoms with E-state index in [1.165, 1.54) is 9.47 Å². The van der Waals surface area contributed by atoms with Gasteiger partial charge in [0.15, 0.2) is 0 Å². The molecule has 1 amide bonds. The lowest BCUT2D eigenvalue weighted by molar-refractivity contribution is -0.137. The number of carboxylic acid groups (broad SMARTS) is 1. The molecule has 0 radical (unpaired) electrons. The Balaban J connectivity index is 1.97. The molecule has 182 valence electrons. The second kappa shape index (κ2) is 11.2. The van der Waals surface area contributed by atoms with Crippen molar-refractivity contribution in [1.29, 1.82) is 5.26 Å². The summed E-state index contributed by atoms with van der Waals surface area (Å²) in [6, 6.07) is 9.41. The van der Waals surface area contributed by atoms with Gasteiger partial charge in [-0.1, -0.05) is 36.1 Å². The maximum atomic E-state index is 13.0. The van der Waals surface area contributed by atoms with Crippen molar-refractivity contribution in [2.24, 2.45) is 7.05 Å². The number of carbonyl (C=O) groups is 2. The van der Waals surface area contributed by atoms with E-state index in [-0.39, 0.29) is 30.9 Å². The van der Waals surface area contributed by atoms with Gasteiger partial charge in [-0.25, -0.2) is 0 Å². The fourth-order valence-corrected chi connectivity index (χ4v) is 4.88. The van der Waals surface area contributed by atoms with Crippen molar-refractivity contribution in [2.45, 2.75) is 26.3 Å². The molecule has 35 heavy (non-hydrogen) atoms. The number of benzene rings is 1. The van der Waals surface area contributed by atoms with Gasteiger partial charge < -0.3 is 15.2 Å². The highest BCUT2D eigenvalue weighted by Crippen LogP contribution is 2.35. The topological polar surface area (TPSA) is 125 Å². The van der Waals surface area contributed by atoms with Crippen molar-refractivity contribution in [3.05, 3.63) is 61.8 Å². The van der Waals surface area contributed by atoms with E-state index in [1.54, 1.807) is 27.2 Å². The van der Waals surface area contributed by atoms with Crippen molar-refractivity contribution in [1.82, 2.24) is 9.47 Å². The average molecular weight is 513 g/mol. The number of carbonyl (C=O) groups excluding carboxylic acids is 1. The Hall–Kier alpha value is -3.62. The smallest absolute Gasteiger partial charge is 0.303 e. The van der Waals surface area contributed by atoms with Gasteiger partial charge >= 0.3 is 5.97 Å². The number of aliphatic carboxylic acids is 1. The van der Waals surface area contributed by atoms with E-state index in [0.29, 0.717) is 32.7 Å². The molecular weight excluding hydrogens is 488 g/mol. The average Bonchev–Trinajstić information content (AvgIpc) is 3.10. The zero-order chi connectivity index (χ0) is 25.7. The Morgan fingerprint density at radius 1 is 1.31 bits per heavy atom. The van der Waals surface area contributed by atoms with Crippen LogP contribution in [0.2, 0.25) is 0 Å². The lowest BCUT2D eigenvalue weighted by atomic mass is 10.0. The summed E-state index contributed by atoms with van der Waals surface area (Å²) in [6.45, 7) is 2.25. The number of thioether (sulfide) groups is 1. The minimum absolute atomic E-state index is 0.00863. The number of aromatic nitrogens is 1. The summed E-state index contributed by atoms with van der Waals surface area (Å²) in [5, 5.41) is 21.7. The van der Waals surface area contributed by atoms with Crippen LogP contribution in [0.3, 0.4) is 0 Å². The van der Waals surface area contributed by atoms with Crippen LogP contribution in [0.1, 0.15) is 35.1 Å². The molecular formula is C24H24N4O5S2. The molecule has 2 heterocycles. The van der Waals surface area contributed by atoms with E-state index in [9.17, 15) is 19.6 Å². The van der Waals surface area contributed by atoms with Gasteiger partial charge in [-0.05, 0) is 42.7 Å². The van der Waals surface area contributed by atoms with Gasteiger partial charge in [-0.2, -0.15) is 5.26 Å². The molecule has 1 aromatic carbocycles. The van der Waals surface area contributed by atoms with Crippen LogP contribution in [0.25, 0.3) is 6.08 Å². The van der Waals surface area contributed by atoms with Crippen molar-refractivity contribution < 1.29 is 19.4 Å². The van der Waals surface area contributed by atoms with Crippen LogP contribution in [0, 0.1) is 18.3 Å². The molecule has 0 aliphatic carbocycles. The minimum Gasteiger partial charge on any atom is -0.497 e. The Morgan fingerprint density at radius 2 is 2.00 bits per heavy atom.